The Bertz CT molecular complexity index is 894. The number of azo groups is 1. The summed E-state index contributed by atoms with van der Waals surface area (Å²) in [6, 6.07) is 6.36. The molecule has 0 atom stereocenters. The predicted octanol–water partition coefficient (Wildman–Crippen LogP) is 5.56. The molecule has 0 unspecified atom stereocenters. The lowest BCUT2D eigenvalue weighted by molar-refractivity contribution is -0.390. The van der Waals surface area contributed by atoms with E-state index in [9.17, 15) is 27.7 Å². The van der Waals surface area contributed by atoms with Crippen molar-refractivity contribution < 1.29 is 27.6 Å². The fourth-order valence-corrected chi connectivity index (χ4v) is 2.68. The first-order chi connectivity index (χ1) is 14.3. The fourth-order valence-electron chi connectivity index (χ4n) is 2.68. The first-order valence-electron chi connectivity index (χ1n) is 9.12. The second kappa shape index (κ2) is 10.6. The van der Waals surface area contributed by atoms with Gasteiger partial charge in [-0.05, 0) is 37.1 Å². The zero-order chi connectivity index (χ0) is 22.3. The monoisotopic (exact) mass is 428 g/mol. The van der Waals surface area contributed by atoms with Gasteiger partial charge in [-0.25, -0.2) is 8.78 Å². The summed E-state index contributed by atoms with van der Waals surface area (Å²) in [4.78, 5) is 11.0. The summed E-state index contributed by atoms with van der Waals surface area (Å²) < 4.78 is 55.0. The van der Waals surface area contributed by atoms with E-state index in [0.29, 0.717) is 0 Å². The number of halogens is 4. The van der Waals surface area contributed by atoms with Gasteiger partial charge in [-0.3, -0.25) is 10.1 Å². The van der Waals surface area contributed by atoms with Crippen molar-refractivity contribution in [2.75, 3.05) is 25.1 Å². The fraction of sp³-hybridized carbons (Fsp3) is 0.368. The van der Waals surface area contributed by atoms with Gasteiger partial charge >= 0.3 is 5.69 Å². The summed E-state index contributed by atoms with van der Waals surface area (Å²) in [5, 5.41) is 26.1. The van der Waals surface area contributed by atoms with Crippen LogP contribution in [0.25, 0.3) is 0 Å². The maximum atomic E-state index is 13.9. The normalized spacial score (nSPS) is 11.3. The zero-order valence-corrected chi connectivity index (χ0v) is 16.1. The molecule has 11 heteroatoms. The lowest BCUT2D eigenvalue weighted by Crippen LogP contribution is -2.18. The molecule has 1 N–H and O–H groups in total. The Kier molecular flexibility index (Phi) is 8.22. The van der Waals surface area contributed by atoms with Gasteiger partial charge in [-0.2, -0.15) is 13.9 Å². The summed E-state index contributed by atoms with van der Waals surface area (Å²) in [6.07, 6.45) is 3.64. The Labute approximate surface area is 169 Å². The largest absolute Gasteiger partial charge is 0.396 e. The number of nitro benzene ring substituents is 1. The minimum absolute atomic E-state index is 0.160. The van der Waals surface area contributed by atoms with Crippen LogP contribution in [-0.4, -0.2) is 30.2 Å². The number of nitrogens with zero attached hydrogens (tertiary/aromatic N) is 4. The molecule has 0 aromatic heterocycles. The predicted molar refractivity (Wildman–Crippen MR) is 102 cm³/mol. The van der Waals surface area contributed by atoms with Crippen LogP contribution in [0.3, 0.4) is 0 Å². The molecule has 2 aromatic rings. The molecule has 2 aromatic carbocycles. The molecule has 0 saturated carbocycles. The van der Waals surface area contributed by atoms with Crippen LogP contribution in [0.2, 0.25) is 0 Å². The number of aliphatic hydroxyl groups is 1. The van der Waals surface area contributed by atoms with Gasteiger partial charge in [-0.15, -0.1) is 5.11 Å². The molecule has 30 heavy (non-hydrogen) atoms. The number of unbranched alkanes of at least 4 members (excludes halogenated alkanes) is 3. The molecule has 0 aliphatic carbocycles. The van der Waals surface area contributed by atoms with Gasteiger partial charge in [0.15, 0.2) is 17.3 Å². The molecule has 0 amide bonds. The Morgan fingerprint density at radius 3 is 2.03 bits per heavy atom. The lowest BCUT2D eigenvalue weighted by Gasteiger charge is -2.19. The maximum absolute atomic E-state index is 13.9. The van der Waals surface area contributed by atoms with E-state index >= 15 is 0 Å². The maximum Gasteiger partial charge on any atom is 0.346 e. The van der Waals surface area contributed by atoms with Crippen LogP contribution < -0.4 is 4.90 Å². The third kappa shape index (κ3) is 5.50. The highest BCUT2D eigenvalue weighted by Crippen LogP contribution is 2.35. The second-order valence-electron chi connectivity index (χ2n) is 6.49. The van der Waals surface area contributed by atoms with E-state index in [0.717, 1.165) is 37.9 Å². The molecule has 0 aliphatic heterocycles. The van der Waals surface area contributed by atoms with Crippen molar-refractivity contribution >= 4 is 22.7 Å². The van der Waals surface area contributed by atoms with Crippen LogP contribution in [0.5, 0.6) is 0 Å². The summed E-state index contributed by atoms with van der Waals surface area (Å²) in [6.45, 7) is 0.961. The van der Waals surface area contributed by atoms with Crippen LogP contribution >= 0.6 is 0 Å². The number of nitro groups is 1. The zero-order valence-electron chi connectivity index (χ0n) is 16.1. The Morgan fingerprint density at radius 2 is 1.50 bits per heavy atom. The minimum Gasteiger partial charge on any atom is -0.396 e. The van der Waals surface area contributed by atoms with Crippen LogP contribution in [0.4, 0.5) is 40.3 Å². The van der Waals surface area contributed by atoms with Crippen molar-refractivity contribution in [1.29, 1.82) is 0 Å². The van der Waals surface area contributed by atoms with Gasteiger partial charge in [0, 0.05) is 25.9 Å². The van der Waals surface area contributed by atoms with E-state index < -0.39 is 39.6 Å². The number of anilines is 1. The summed E-state index contributed by atoms with van der Waals surface area (Å²) in [7, 11) is 1.88. The molecule has 2 rings (SSSR count). The molecule has 0 spiro atoms. The molecule has 7 nitrogen and oxygen atoms in total. The number of benzene rings is 2. The van der Waals surface area contributed by atoms with Gasteiger partial charge in [0.2, 0.25) is 11.6 Å². The summed E-state index contributed by atoms with van der Waals surface area (Å²) in [5.74, 6) is -8.29. The van der Waals surface area contributed by atoms with Crippen molar-refractivity contribution in [3.05, 3.63) is 57.6 Å². The highest BCUT2D eigenvalue weighted by molar-refractivity contribution is 5.53. The van der Waals surface area contributed by atoms with Crippen LogP contribution in [0.1, 0.15) is 25.7 Å². The van der Waals surface area contributed by atoms with E-state index in [-0.39, 0.29) is 12.3 Å². The number of aliphatic hydroxyl groups excluding tert-OH is 1. The first-order valence-corrected chi connectivity index (χ1v) is 9.12. The average molecular weight is 428 g/mol. The van der Waals surface area contributed by atoms with Gasteiger partial charge in [0.1, 0.15) is 0 Å². The number of hydrogen-bond donors (Lipinski definition) is 1. The van der Waals surface area contributed by atoms with Crippen molar-refractivity contribution in [1.82, 2.24) is 0 Å². The first kappa shape index (κ1) is 23.2. The van der Waals surface area contributed by atoms with Gasteiger partial charge in [0.05, 0.1) is 10.6 Å². The highest BCUT2D eigenvalue weighted by Gasteiger charge is 2.33. The van der Waals surface area contributed by atoms with E-state index in [1.165, 1.54) is 12.1 Å². The molecule has 162 valence electrons. The number of rotatable bonds is 10. The Hall–Kier alpha value is -3.08. The minimum atomic E-state index is -2.15. The van der Waals surface area contributed by atoms with Gasteiger partial charge in [-0.1, -0.05) is 12.8 Å². The lowest BCUT2D eigenvalue weighted by atomic mass is 10.2. The Morgan fingerprint density at radius 1 is 0.933 bits per heavy atom. The van der Waals surface area contributed by atoms with E-state index in [1.54, 1.807) is 12.1 Å². The van der Waals surface area contributed by atoms with E-state index in [1.807, 2.05) is 11.9 Å². The molecule has 0 bridgehead atoms. The third-order valence-corrected chi connectivity index (χ3v) is 4.36. The highest BCUT2D eigenvalue weighted by atomic mass is 19.2. The van der Waals surface area contributed by atoms with Crippen molar-refractivity contribution in [3.63, 3.8) is 0 Å². The van der Waals surface area contributed by atoms with Crippen LogP contribution in [0, 0.1) is 33.4 Å². The average Bonchev–Trinajstić information content (AvgIpc) is 2.72. The quantitative estimate of drug-likeness (QED) is 0.134. The third-order valence-electron chi connectivity index (χ3n) is 4.36. The van der Waals surface area contributed by atoms with Crippen molar-refractivity contribution in [2.24, 2.45) is 10.2 Å². The summed E-state index contributed by atoms with van der Waals surface area (Å²) in [5.41, 5.74) is -2.30. The topological polar surface area (TPSA) is 91.3 Å². The molecule has 0 aliphatic rings. The van der Waals surface area contributed by atoms with Crippen LogP contribution in [-0.2, 0) is 0 Å². The number of hydrogen-bond acceptors (Lipinski definition) is 6. The van der Waals surface area contributed by atoms with Crippen LogP contribution in [0.15, 0.2) is 34.5 Å². The molecule has 0 heterocycles. The summed E-state index contributed by atoms with van der Waals surface area (Å²) >= 11 is 0. The van der Waals surface area contributed by atoms with E-state index in [4.69, 9.17) is 5.11 Å². The van der Waals surface area contributed by atoms with Gasteiger partial charge in [0.25, 0.3) is 0 Å². The molecular formula is C19H20F4N4O3. The van der Waals surface area contributed by atoms with Crippen molar-refractivity contribution in [3.8, 4) is 0 Å². The SMILES string of the molecule is CN(CCCCCCO)c1ccc(N=Nc2c(F)c(F)c([N+](=O)[O-])c(F)c2F)cc1. The smallest absolute Gasteiger partial charge is 0.346 e. The second-order valence-corrected chi connectivity index (χ2v) is 6.49. The molecule has 0 radical (unpaired) electrons. The van der Waals surface area contributed by atoms with Gasteiger partial charge < -0.3 is 10.0 Å². The van der Waals surface area contributed by atoms with E-state index in [2.05, 4.69) is 10.2 Å². The molecule has 0 fully saturated rings. The van der Waals surface area contributed by atoms with Crippen molar-refractivity contribution in [2.45, 2.75) is 25.7 Å². The molecular weight excluding hydrogens is 408 g/mol. The standard InChI is InChI=1S/C19H20F4N4O3/c1-26(10-4-2-3-5-11-28)13-8-6-12(7-9-13)24-25-18-14(20)16(22)19(27(29)30)17(23)15(18)21/h6-9,28H,2-5,10-11H2,1H3. The molecule has 0 saturated heterocycles. The Balaban J connectivity index is 2.11.